The molecule has 0 aliphatic carbocycles. The number of thiazole rings is 1. The average molecular weight is 352 g/mol. The number of fused-ring (bicyclic) bond motifs is 1. The lowest BCUT2D eigenvalue weighted by Crippen LogP contribution is -1.83. The van der Waals surface area contributed by atoms with Crippen LogP contribution in [-0.2, 0) is 0 Å². The van der Waals surface area contributed by atoms with Gasteiger partial charge < -0.3 is 0 Å². The van der Waals surface area contributed by atoms with Crippen molar-refractivity contribution in [3.05, 3.63) is 45.2 Å². The Morgan fingerprint density at radius 2 is 2.06 bits per heavy atom. The number of halogens is 1. The van der Waals surface area contributed by atoms with Gasteiger partial charge in [0.15, 0.2) is 0 Å². The molecule has 0 aliphatic rings. The predicted molar refractivity (Wildman–Crippen MR) is 80.3 cm³/mol. The molecule has 0 saturated heterocycles. The van der Waals surface area contributed by atoms with E-state index in [1.165, 1.54) is 14.3 Å². The Labute approximate surface area is 117 Å². The molecule has 0 unspecified atom stereocenters. The molecular weight excluding hydrogens is 343 g/mol. The minimum Gasteiger partial charge on any atom is -0.255 e. The summed E-state index contributed by atoms with van der Waals surface area (Å²) in [7, 11) is 0. The fourth-order valence-corrected chi connectivity index (χ4v) is 3.15. The molecule has 3 rings (SSSR count). The second-order valence-corrected chi connectivity index (χ2v) is 6.17. The zero-order valence-corrected chi connectivity index (χ0v) is 12.1. The minimum absolute atomic E-state index is 1.00. The van der Waals surface area contributed by atoms with Gasteiger partial charge in [-0.15, -0.1) is 11.3 Å². The van der Waals surface area contributed by atoms with Gasteiger partial charge in [-0.25, -0.2) is 4.98 Å². The first-order chi connectivity index (χ1) is 8.24. The van der Waals surface area contributed by atoms with Gasteiger partial charge in [0.2, 0.25) is 0 Å². The average Bonchev–Trinajstić information content (AvgIpc) is 2.76. The third kappa shape index (κ3) is 2.07. The second kappa shape index (κ2) is 4.34. The Kier molecular flexibility index (Phi) is 2.84. The van der Waals surface area contributed by atoms with Crippen molar-refractivity contribution in [2.45, 2.75) is 6.92 Å². The third-order valence-corrected chi connectivity index (χ3v) is 4.46. The van der Waals surface area contributed by atoms with Crippen LogP contribution in [0.5, 0.6) is 0 Å². The van der Waals surface area contributed by atoms with Crippen molar-refractivity contribution < 1.29 is 0 Å². The lowest BCUT2D eigenvalue weighted by atomic mass is 10.1. The molecule has 2 heterocycles. The van der Waals surface area contributed by atoms with Crippen molar-refractivity contribution in [1.82, 2.24) is 9.97 Å². The van der Waals surface area contributed by atoms with Crippen molar-refractivity contribution in [1.29, 1.82) is 0 Å². The molecule has 2 nitrogen and oxygen atoms in total. The fraction of sp³-hybridized carbons (Fsp3) is 0.0769. The number of benzene rings is 1. The van der Waals surface area contributed by atoms with Crippen molar-refractivity contribution in [3.63, 3.8) is 0 Å². The molecule has 0 aliphatic heterocycles. The minimum atomic E-state index is 1.00. The van der Waals surface area contributed by atoms with Gasteiger partial charge in [0.25, 0.3) is 0 Å². The third-order valence-electron chi connectivity index (χ3n) is 2.59. The Hall–Kier alpha value is -1.01. The maximum atomic E-state index is 4.52. The van der Waals surface area contributed by atoms with Gasteiger partial charge in [-0.3, -0.25) is 4.98 Å². The molecule has 0 bridgehead atoms. The molecule has 3 aromatic rings. The molecule has 0 atom stereocenters. The fourth-order valence-electron chi connectivity index (χ4n) is 1.75. The van der Waals surface area contributed by atoms with Crippen LogP contribution in [0, 0.1) is 10.5 Å². The molecule has 4 heteroatoms. The molecule has 0 spiro atoms. The monoisotopic (exact) mass is 352 g/mol. The lowest BCUT2D eigenvalue weighted by Gasteiger charge is -2.02. The Morgan fingerprint density at radius 1 is 1.18 bits per heavy atom. The first-order valence-electron chi connectivity index (χ1n) is 5.21. The highest BCUT2D eigenvalue weighted by Crippen LogP contribution is 2.28. The first kappa shape index (κ1) is 11.1. The molecule has 84 valence electrons. The molecule has 17 heavy (non-hydrogen) atoms. The molecule has 2 aromatic heterocycles. The van der Waals surface area contributed by atoms with Crippen molar-refractivity contribution in [2.24, 2.45) is 0 Å². The molecule has 0 amide bonds. The van der Waals surface area contributed by atoms with E-state index < -0.39 is 0 Å². The van der Waals surface area contributed by atoms with E-state index in [1.807, 2.05) is 19.3 Å². The van der Waals surface area contributed by atoms with E-state index in [9.17, 15) is 0 Å². The van der Waals surface area contributed by atoms with Gasteiger partial charge in [0.1, 0.15) is 0 Å². The summed E-state index contributed by atoms with van der Waals surface area (Å²) in [5.41, 5.74) is 1.00. The van der Waals surface area contributed by atoms with E-state index in [2.05, 4.69) is 56.8 Å². The van der Waals surface area contributed by atoms with Crippen LogP contribution >= 0.6 is 33.9 Å². The van der Waals surface area contributed by atoms with E-state index >= 15 is 0 Å². The quantitative estimate of drug-likeness (QED) is 0.612. The van der Waals surface area contributed by atoms with Crippen LogP contribution in [0.4, 0.5) is 0 Å². The highest BCUT2D eigenvalue weighted by molar-refractivity contribution is 14.1. The normalized spacial score (nSPS) is 10.9. The Bertz CT molecular complexity index is 691. The van der Waals surface area contributed by atoms with E-state index in [0.29, 0.717) is 0 Å². The Balaban J connectivity index is 2.20. The standard InChI is InChI=1S/C13H9IN2S/c1-8-15-7-13(17-8)12-5-9-3-2-4-11(14)10(9)6-16-12/h2-7H,1H3. The van der Waals surface area contributed by atoms with Crippen LogP contribution in [0.2, 0.25) is 0 Å². The SMILES string of the molecule is Cc1ncc(-c2cc3cccc(I)c3cn2)s1. The molecule has 1 aromatic carbocycles. The Morgan fingerprint density at radius 3 is 2.82 bits per heavy atom. The summed E-state index contributed by atoms with van der Waals surface area (Å²) < 4.78 is 1.24. The number of hydrogen-bond donors (Lipinski definition) is 0. The van der Waals surface area contributed by atoms with Crippen LogP contribution in [0.15, 0.2) is 36.7 Å². The predicted octanol–water partition coefficient (Wildman–Crippen LogP) is 4.27. The number of nitrogens with zero attached hydrogens (tertiary/aromatic N) is 2. The second-order valence-electron chi connectivity index (χ2n) is 3.77. The summed E-state index contributed by atoms with van der Waals surface area (Å²) in [5, 5.41) is 3.51. The van der Waals surface area contributed by atoms with Gasteiger partial charge in [0.05, 0.1) is 15.6 Å². The number of aryl methyl sites for hydroxylation is 1. The molecule has 0 radical (unpaired) electrons. The number of hydrogen-bond acceptors (Lipinski definition) is 3. The summed E-state index contributed by atoms with van der Waals surface area (Å²) in [6.07, 6.45) is 3.84. The largest absolute Gasteiger partial charge is 0.255 e. The summed E-state index contributed by atoms with van der Waals surface area (Å²) in [6.45, 7) is 2.01. The smallest absolute Gasteiger partial charge is 0.0901 e. The van der Waals surface area contributed by atoms with E-state index in [1.54, 1.807) is 11.3 Å². The maximum absolute atomic E-state index is 4.52. The maximum Gasteiger partial charge on any atom is 0.0901 e. The number of aromatic nitrogens is 2. The van der Waals surface area contributed by atoms with Gasteiger partial charge in [-0.2, -0.15) is 0 Å². The van der Waals surface area contributed by atoms with Crippen molar-refractivity contribution in [2.75, 3.05) is 0 Å². The summed E-state index contributed by atoms with van der Waals surface area (Å²) in [6, 6.07) is 8.42. The van der Waals surface area contributed by atoms with Crippen molar-refractivity contribution in [3.8, 4) is 10.6 Å². The topological polar surface area (TPSA) is 25.8 Å². The van der Waals surface area contributed by atoms with Gasteiger partial charge >= 0.3 is 0 Å². The van der Waals surface area contributed by atoms with Crippen LogP contribution in [0.25, 0.3) is 21.3 Å². The summed E-state index contributed by atoms with van der Waals surface area (Å²) >= 11 is 4.02. The molecule has 0 saturated carbocycles. The highest BCUT2D eigenvalue weighted by Gasteiger charge is 2.05. The summed E-state index contributed by atoms with van der Waals surface area (Å²) in [5.74, 6) is 0. The van der Waals surface area contributed by atoms with Crippen LogP contribution in [0.1, 0.15) is 5.01 Å². The van der Waals surface area contributed by atoms with Crippen LogP contribution < -0.4 is 0 Å². The van der Waals surface area contributed by atoms with Crippen LogP contribution in [-0.4, -0.2) is 9.97 Å². The van der Waals surface area contributed by atoms with E-state index in [-0.39, 0.29) is 0 Å². The molecule has 0 fully saturated rings. The molecule has 0 N–H and O–H groups in total. The van der Waals surface area contributed by atoms with Crippen LogP contribution in [0.3, 0.4) is 0 Å². The zero-order valence-electron chi connectivity index (χ0n) is 9.14. The van der Waals surface area contributed by atoms with Gasteiger partial charge in [0, 0.05) is 21.4 Å². The first-order valence-corrected chi connectivity index (χ1v) is 7.10. The van der Waals surface area contributed by atoms with Crippen molar-refractivity contribution >= 4 is 44.7 Å². The number of rotatable bonds is 1. The molecular formula is C13H9IN2S. The zero-order chi connectivity index (χ0) is 11.8. The van der Waals surface area contributed by atoms with E-state index in [0.717, 1.165) is 15.6 Å². The van der Waals surface area contributed by atoms with Gasteiger partial charge in [-0.05, 0) is 47.0 Å². The van der Waals surface area contributed by atoms with E-state index in [4.69, 9.17) is 0 Å². The van der Waals surface area contributed by atoms with Gasteiger partial charge in [-0.1, -0.05) is 12.1 Å². The number of pyridine rings is 1. The lowest BCUT2D eigenvalue weighted by molar-refractivity contribution is 1.29. The summed E-state index contributed by atoms with van der Waals surface area (Å²) in [4.78, 5) is 9.91. The highest BCUT2D eigenvalue weighted by atomic mass is 127.